The number of carbonyl (C=O) groups excluding carboxylic acids is 4. The molecule has 3 aromatic rings. The molecule has 1 aliphatic rings. The maximum Gasteiger partial charge on any atom is 0.335 e. The van der Waals surface area contributed by atoms with Crippen molar-refractivity contribution in [1.29, 1.82) is 0 Å². The Morgan fingerprint density at radius 2 is 1.90 bits per heavy atom. The van der Waals surface area contributed by atoms with Gasteiger partial charge in [-0.3, -0.25) is 19.7 Å². The van der Waals surface area contributed by atoms with E-state index < -0.39 is 29.6 Å². The van der Waals surface area contributed by atoms with E-state index in [1.165, 1.54) is 31.4 Å². The number of para-hydroxylation sites is 1. The zero-order valence-corrected chi connectivity index (χ0v) is 16.3. The average molecular weight is 421 g/mol. The highest BCUT2D eigenvalue weighted by Gasteiger charge is 2.37. The molecule has 31 heavy (non-hydrogen) atoms. The van der Waals surface area contributed by atoms with Crippen LogP contribution in [-0.4, -0.2) is 35.5 Å². The van der Waals surface area contributed by atoms with E-state index in [-0.39, 0.29) is 17.8 Å². The van der Waals surface area contributed by atoms with Crippen LogP contribution < -0.4 is 10.2 Å². The molecule has 1 aliphatic heterocycles. The number of imide groups is 2. The molecule has 0 unspecified atom stereocenters. The first kappa shape index (κ1) is 20.0. The summed E-state index contributed by atoms with van der Waals surface area (Å²) in [5, 5.41) is 2.79. The number of fused-ring (bicyclic) bond motifs is 1. The van der Waals surface area contributed by atoms with Crippen molar-refractivity contribution in [2.24, 2.45) is 0 Å². The van der Waals surface area contributed by atoms with Gasteiger partial charge in [0.25, 0.3) is 11.8 Å². The van der Waals surface area contributed by atoms with Gasteiger partial charge in [0.1, 0.15) is 17.9 Å². The highest BCUT2D eigenvalue weighted by atomic mass is 19.1. The fourth-order valence-corrected chi connectivity index (χ4v) is 3.39. The number of hydrogen-bond acceptors (Lipinski definition) is 5. The number of urea groups is 1. The number of aromatic nitrogens is 1. The zero-order valence-electron chi connectivity index (χ0n) is 16.3. The van der Waals surface area contributed by atoms with E-state index in [1.54, 1.807) is 35.0 Å². The molecule has 0 spiro atoms. The van der Waals surface area contributed by atoms with Gasteiger partial charge in [0.15, 0.2) is 0 Å². The molecule has 0 saturated carbocycles. The Hall–Kier alpha value is -4.27. The number of rotatable bonds is 4. The van der Waals surface area contributed by atoms with E-state index in [0.717, 1.165) is 6.07 Å². The van der Waals surface area contributed by atoms with Crippen LogP contribution in [0.4, 0.5) is 14.9 Å². The van der Waals surface area contributed by atoms with E-state index in [1.807, 2.05) is 0 Å². The van der Waals surface area contributed by atoms with Crippen molar-refractivity contribution in [3.05, 3.63) is 71.7 Å². The van der Waals surface area contributed by atoms with Crippen LogP contribution in [0.5, 0.6) is 0 Å². The number of amides is 4. The number of ether oxygens (including phenoxy) is 1. The third-order valence-corrected chi connectivity index (χ3v) is 4.81. The molecule has 0 atom stereocenters. The summed E-state index contributed by atoms with van der Waals surface area (Å²) in [4.78, 5) is 50.1. The van der Waals surface area contributed by atoms with Crippen LogP contribution in [0.1, 0.15) is 5.56 Å². The van der Waals surface area contributed by atoms with Gasteiger partial charge in [0.05, 0.1) is 12.8 Å². The van der Waals surface area contributed by atoms with Crippen LogP contribution in [0, 0.1) is 5.82 Å². The number of nitrogens with zero attached hydrogens (tertiary/aromatic N) is 2. The molecule has 2 heterocycles. The van der Waals surface area contributed by atoms with Crippen molar-refractivity contribution < 1.29 is 28.3 Å². The predicted octanol–water partition coefficient (Wildman–Crippen LogP) is 2.62. The van der Waals surface area contributed by atoms with Gasteiger partial charge in [-0.05, 0) is 30.3 Å². The summed E-state index contributed by atoms with van der Waals surface area (Å²) in [5.74, 6) is -2.85. The first-order chi connectivity index (χ1) is 14.9. The number of nitrogens with one attached hydrogen (secondary N) is 1. The van der Waals surface area contributed by atoms with Gasteiger partial charge in [0, 0.05) is 22.7 Å². The van der Waals surface area contributed by atoms with Gasteiger partial charge in [-0.1, -0.05) is 24.3 Å². The summed E-state index contributed by atoms with van der Waals surface area (Å²) in [5.41, 5.74) is 0.881. The third-order valence-electron chi connectivity index (χ3n) is 4.81. The first-order valence-corrected chi connectivity index (χ1v) is 9.21. The number of benzene rings is 2. The lowest BCUT2D eigenvalue weighted by atomic mass is 10.1. The van der Waals surface area contributed by atoms with E-state index in [4.69, 9.17) is 4.74 Å². The summed E-state index contributed by atoms with van der Waals surface area (Å²) in [6, 6.07) is 11.1. The second-order valence-electron chi connectivity index (χ2n) is 6.74. The molecule has 1 fully saturated rings. The van der Waals surface area contributed by atoms with Gasteiger partial charge in [-0.15, -0.1) is 0 Å². The molecular formula is C22H16FN3O5. The van der Waals surface area contributed by atoms with Crippen LogP contribution in [-0.2, 0) is 25.7 Å². The maximum absolute atomic E-state index is 13.6. The highest BCUT2D eigenvalue weighted by Crippen LogP contribution is 2.27. The average Bonchev–Trinajstić information content (AvgIpc) is 3.08. The number of carbonyl (C=O) groups is 4. The minimum absolute atomic E-state index is 0.00554. The van der Waals surface area contributed by atoms with Gasteiger partial charge in [0.2, 0.25) is 0 Å². The van der Waals surface area contributed by atoms with E-state index in [9.17, 15) is 23.6 Å². The van der Waals surface area contributed by atoms with Crippen LogP contribution in [0.15, 0.2) is 60.3 Å². The summed E-state index contributed by atoms with van der Waals surface area (Å²) in [7, 11) is 1.28. The molecule has 0 bridgehead atoms. The normalized spacial score (nSPS) is 15.5. The van der Waals surface area contributed by atoms with Crippen LogP contribution >= 0.6 is 0 Å². The monoisotopic (exact) mass is 421 g/mol. The Kier molecular flexibility index (Phi) is 5.08. The SMILES string of the molecule is COC(=O)Cn1cc(/C=C2/C(=O)NC(=O)N(c3cccc(F)c3)C2=O)c2ccccc21. The van der Waals surface area contributed by atoms with Crippen molar-refractivity contribution in [2.75, 3.05) is 12.0 Å². The fraction of sp³-hybridized carbons (Fsp3) is 0.0909. The number of hydrogen-bond donors (Lipinski definition) is 1. The summed E-state index contributed by atoms with van der Waals surface area (Å²) >= 11 is 0. The fourth-order valence-electron chi connectivity index (χ4n) is 3.39. The number of barbiturate groups is 1. The number of anilines is 1. The predicted molar refractivity (Wildman–Crippen MR) is 109 cm³/mol. The first-order valence-electron chi connectivity index (χ1n) is 9.21. The summed E-state index contributed by atoms with van der Waals surface area (Å²) in [6.45, 7) is -0.0613. The van der Waals surface area contributed by atoms with E-state index >= 15 is 0 Å². The van der Waals surface area contributed by atoms with Crippen LogP contribution in [0.25, 0.3) is 17.0 Å². The molecule has 1 aromatic heterocycles. The van der Waals surface area contributed by atoms with E-state index in [2.05, 4.69) is 5.32 Å². The van der Waals surface area contributed by atoms with Crippen molar-refractivity contribution in [1.82, 2.24) is 9.88 Å². The summed E-state index contributed by atoms with van der Waals surface area (Å²) < 4.78 is 20.0. The molecule has 156 valence electrons. The maximum atomic E-state index is 13.6. The standard InChI is InChI=1S/C22H16FN3O5/c1-31-19(27)12-25-11-13(16-7-2-3-8-18(16)25)9-17-20(28)24-22(30)26(21(17)29)15-6-4-5-14(23)10-15/h2-11H,12H2,1H3,(H,24,28,30)/b17-9-. The molecule has 0 aliphatic carbocycles. The van der Waals surface area contributed by atoms with Gasteiger partial charge in [-0.25, -0.2) is 14.1 Å². The van der Waals surface area contributed by atoms with Gasteiger partial charge in [-0.2, -0.15) is 0 Å². The molecule has 0 radical (unpaired) electrons. The molecule has 1 saturated heterocycles. The Morgan fingerprint density at radius 3 is 2.65 bits per heavy atom. The summed E-state index contributed by atoms with van der Waals surface area (Å²) in [6.07, 6.45) is 2.95. The van der Waals surface area contributed by atoms with Gasteiger partial charge < -0.3 is 9.30 Å². The molecule has 4 rings (SSSR count). The lowest BCUT2D eigenvalue weighted by Gasteiger charge is -2.26. The molecule has 9 heteroatoms. The second kappa shape index (κ2) is 7.86. The molecular weight excluding hydrogens is 405 g/mol. The molecule has 4 amide bonds. The van der Waals surface area contributed by atoms with Gasteiger partial charge >= 0.3 is 12.0 Å². The minimum atomic E-state index is -0.967. The Balaban J connectivity index is 1.79. The molecule has 8 nitrogen and oxygen atoms in total. The van der Waals surface area contributed by atoms with E-state index in [0.29, 0.717) is 21.4 Å². The van der Waals surface area contributed by atoms with Crippen molar-refractivity contribution >= 4 is 46.5 Å². The largest absolute Gasteiger partial charge is 0.468 e. The number of methoxy groups -OCH3 is 1. The van der Waals surface area contributed by atoms with Crippen molar-refractivity contribution in [2.45, 2.75) is 6.54 Å². The zero-order chi connectivity index (χ0) is 22.1. The Labute approximate surface area is 175 Å². The van der Waals surface area contributed by atoms with Crippen LogP contribution in [0.2, 0.25) is 0 Å². The lowest BCUT2D eigenvalue weighted by Crippen LogP contribution is -2.54. The third kappa shape index (κ3) is 3.68. The number of esters is 1. The lowest BCUT2D eigenvalue weighted by molar-refractivity contribution is -0.141. The number of halogens is 1. The van der Waals surface area contributed by atoms with Crippen molar-refractivity contribution in [3.63, 3.8) is 0 Å². The quantitative estimate of drug-likeness (QED) is 0.397. The minimum Gasteiger partial charge on any atom is -0.468 e. The van der Waals surface area contributed by atoms with Crippen molar-refractivity contribution in [3.8, 4) is 0 Å². The highest BCUT2D eigenvalue weighted by molar-refractivity contribution is 6.39. The van der Waals surface area contributed by atoms with Crippen LogP contribution in [0.3, 0.4) is 0 Å². The molecule has 1 N–H and O–H groups in total. The Bertz CT molecular complexity index is 1280. The molecule has 2 aromatic carbocycles. The Morgan fingerprint density at radius 1 is 1.13 bits per heavy atom. The topological polar surface area (TPSA) is 97.7 Å². The smallest absolute Gasteiger partial charge is 0.335 e. The second-order valence-corrected chi connectivity index (χ2v) is 6.74.